The number of halogens is 4. The van der Waals surface area contributed by atoms with Crippen molar-refractivity contribution in [2.24, 2.45) is 5.92 Å². The van der Waals surface area contributed by atoms with Gasteiger partial charge in [-0.25, -0.2) is 26.0 Å². The monoisotopic (exact) mass is 341 g/mol. The second-order valence-corrected chi connectivity index (χ2v) is 6.69. The third kappa shape index (κ3) is 2.80. The normalized spacial score (nSPS) is 17.6. The van der Waals surface area contributed by atoms with Crippen LogP contribution < -0.4 is 0 Å². The smallest absolute Gasteiger partial charge is 0.306 e. The molecule has 1 aromatic carbocycles. The molecule has 0 saturated carbocycles. The van der Waals surface area contributed by atoms with Gasteiger partial charge in [0.1, 0.15) is 0 Å². The standard InChI is InChI=1S/C12H11F4NO4S/c13-7-5-8(14)10(16)11(9(7)15)22(20,21)17-3-1-6(2-4-17)12(18)19/h5-6H,1-4H2,(H,18,19). The first kappa shape index (κ1) is 16.7. The van der Waals surface area contributed by atoms with E-state index in [-0.39, 0.29) is 32.0 Å². The Balaban J connectivity index is 2.39. The van der Waals surface area contributed by atoms with Gasteiger partial charge in [0.15, 0.2) is 28.2 Å². The molecule has 0 aliphatic carbocycles. The predicted octanol–water partition coefficient (Wildman–Crippen LogP) is 1.73. The second-order valence-electron chi connectivity index (χ2n) is 4.81. The van der Waals surface area contributed by atoms with Crippen LogP contribution in [0.4, 0.5) is 17.6 Å². The van der Waals surface area contributed by atoms with E-state index >= 15 is 0 Å². The number of carbonyl (C=O) groups is 1. The van der Waals surface area contributed by atoms with Crippen molar-refractivity contribution in [2.75, 3.05) is 13.1 Å². The third-order valence-corrected chi connectivity index (χ3v) is 5.39. The number of sulfonamides is 1. The molecule has 0 unspecified atom stereocenters. The SMILES string of the molecule is O=C(O)C1CCN(S(=O)(=O)c2c(F)c(F)cc(F)c2F)CC1. The van der Waals surface area contributed by atoms with Crippen molar-refractivity contribution in [3.63, 3.8) is 0 Å². The maximum Gasteiger partial charge on any atom is 0.306 e. The van der Waals surface area contributed by atoms with Crippen molar-refractivity contribution >= 4 is 16.0 Å². The zero-order valence-corrected chi connectivity index (χ0v) is 11.8. The summed E-state index contributed by atoms with van der Waals surface area (Å²) in [5, 5.41) is 8.82. The Labute approximate surface area is 123 Å². The number of hydrogen-bond donors (Lipinski definition) is 1. The molecule has 2 rings (SSSR count). The van der Waals surface area contributed by atoms with Crippen molar-refractivity contribution in [2.45, 2.75) is 17.7 Å². The van der Waals surface area contributed by atoms with Crippen LogP contribution in [-0.2, 0) is 14.8 Å². The lowest BCUT2D eigenvalue weighted by Gasteiger charge is -2.29. The molecule has 122 valence electrons. The van der Waals surface area contributed by atoms with Crippen LogP contribution in [0, 0.1) is 29.2 Å². The lowest BCUT2D eigenvalue weighted by molar-refractivity contribution is -0.142. The molecular weight excluding hydrogens is 330 g/mol. The van der Waals surface area contributed by atoms with Gasteiger partial charge in [0, 0.05) is 19.2 Å². The van der Waals surface area contributed by atoms with E-state index in [0.29, 0.717) is 4.31 Å². The lowest BCUT2D eigenvalue weighted by atomic mass is 9.99. The highest BCUT2D eigenvalue weighted by atomic mass is 32.2. The molecule has 0 atom stereocenters. The Bertz CT molecular complexity index is 688. The van der Waals surface area contributed by atoms with Gasteiger partial charge in [0.25, 0.3) is 0 Å². The largest absolute Gasteiger partial charge is 0.481 e. The first-order valence-corrected chi connectivity index (χ1v) is 7.66. The summed E-state index contributed by atoms with van der Waals surface area (Å²) < 4.78 is 78.5. The lowest BCUT2D eigenvalue weighted by Crippen LogP contribution is -2.41. The van der Waals surface area contributed by atoms with Gasteiger partial charge in [-0.15, -0.1) is 0 Å². The molecule has 0 bridgehead atoms. The second kappa shape index (κ2) is 5.84. The van der Waals surface area contributed by atoms with E-state index in [9.17, 15) is 30.8 Å². The maximum absolute atomic E-state index is 13.6. The van der Waals surface area contributed by atoms with Crippen molar-refractivity contribution in [3.05, 3.63) is 29.3 Å². The fourth-order valence-electron chi connectivity index (χ4n) is 2.25. The Kier molecular flexibility index (Phi) is 4.43. The average molecular weight is 341 g/mol. The Hall–Kier alpha value is -1.68. The van der Waals surface area contributed by atoms with Crippen molar-refractivity contribution in [1.82, 2.24) is 4.31 Å². The molecule has 1 saturated heterocycles. The number of nitrogens with zero attached hydrogens (tertiary/aromatic N) is 1. The molecule has 1 N–H and O–H groups in total. The highest BCUT2D eigenvalue weighted by molar-refractivity contribution is 7.89. The number of hydrogen-bond acceptors (Lipinski definition) is 3. The van der Waals surface area contributed by atoms with Crippen LogP contribution >= 0.6 is 0 Å². The molecule has 5 nitrogen and oxygen atoms in total. The van der Waals surface area contributed by atoms with Crippen LogP contribution in [-0.4, -0.2) is 36.9 Å². The van der Waals surface area contributed by atoms with E-state index in [2.05, 4.69) is 0 Å². The third-order valence-electron chi connectivity index (χ3n) is 3.47. The molecule has 1 aliphatic rings. The van der Waals surface area contributed by atoms with Crippen molar-refractivity contribution in [1.29, 1.82) is 0 Å². The van der Waals surface area contributed by atoms with Gasteiger partial charge in [-0.2, -0.15) is 4.31 Å². The highest BCUT2D eigenvalue weighted by Gasteiger charge is 2.37. The molecule has 10 heteroatoms. The zero-order chi connectivity index (χ0) is 16.7. The molecule has 22 heavy (non-hydrogen) atoms. The van der Waals surface area contributed by atoms with E-state index in [1.54, 1.807) is 0 Å². The number of carboxylic acid groups (broad SMARTS) is 1. The molecule has 0 radical (unpaired) electrons. The summed E-state index contributed by atoms with van der Waals surface area (Å²) >= 11 is 0. The molecule has 1 heterocycles. The molecular formula is C12H11F4NO4S. The summed E-state index contributed by atoms with van der Waals surface area (Å²) in [6, 6.07) is -0.0830. The number of rotatable bonds is 3. The molecule has 1 fully saturated rings. The minimum Gasteiger partial charge on any atom is -0.481 e. The quantitative estimate of drug-likeness (QED) is 0.671. The van der Waals surface area contributed by atoms with Crippen LogP contribution in [0.15, 0.2) is 11.0 Å². The molecule has 0 spiro atoms. The van der Waals surface area contributed by atoms with Gasteiger partial charge >= 0.3 is 5.97 Å². The fraction of sp³-hybridized carbons (Fsp3) is 0.417. The summed E-state index contributed by atoms with van der Waals surface area (Å²) in [4.78, 5) is 9.10. The minimum atomic E-state index is -4.81. The van der Waals surface area contributed by atoms with E-state index in [1.807, 2.05) is 0 Å². The molecule has 1 aliphatic heterocycles. The summed E-state index contributed by atoms with van der Waals surface area (Å²) in [6.07, 6.45) is -0.120. The van der Waals surface area contributed by atoms with Crippen LogP contribution in [0.2, 0.25) is 0 Å². The molecule has 0 aromatic heterocycles. The first-order chi connectivity index (χ1) is 10.2. The van der Waals surface area contributed by atoms with E-state index < -0.39 is 50.1 Å². The summed E-state index contributed by atoms with van der Waals surface area (Å²) in [6.45, 7) is -0.618. The fourth-order valence-corrected chi connectivity index (χ4v) is 3.85. The topological polar surface area (TPSA) is 74.7 Å². The van der Waals surface area contributed by atoms with Crippen molar-refractivity contribution in [3.8, 4) is 0 Å². The minimum absolute atomic E-state index is 0.0599. The number of benzene rings is 1. The average Bonchev–Trinajstić information content (AvgIpc) is 2.45. The van der Waals surface area contributed by atoms with E-state index in [0.717, 1.165) is 0 Å². The summed E-state index contributed by atoms with van der Waals surface area (Å²) in [5.41, 5.74) is 0. The van der Waals surface area contributed by atoms with Crippen LogP contribution in [0.3, 0.4) is 0 Å². The number of aliphatic carboxylic acids is 1. The van der Waals surface area contributed by atoms with Gasteiger partial charge in [-0.3, -0.25) is 4.79 Å². The van der Waals surface area contributed by atoms with Gasteiger partial charge in [0.05, 0.1) is 5.92 Å². The summed E-state index contributed by atoms with van der Waals surface area (Å²) in [7, 11) is -4.81. The van der Waals surface area contributed by atoms with E-state index in [4.69, 9.17) is 5.11 Å². The Morgan fingerprint density at radius 3 is 1.95 bits per heavy atom. The Morgan fingerprint density at radius 1 is 1.09 bits per heavy atom. The maximum atomic E-state index is 13.6. The number of piperidine rings is 1. The highest BCUT2D eigenvalue weighted by Crippen LogP contribution is 2.29. The predicted molar refractivity (Wildman–Crippen MR) is 65.4 cm³/mol. The van der Waals surface area contributed by atoms with Gasteiger partial charge < -0.3 is 5.11 Å². The van der Waals surface area contributed by atoms with Gasteiger partial charge in [-0.1, -0.05) is 0 Å². The number of carboxylic acids is 1. The molecule has 0 amide bonds. The van der Waals surface area contributed by atoms with Crippen LogP contribution in [0.25, 0.3) is 0 Å². The summed E-state index contributed by atoms with van der Waals surface area (Å²) in [5.74, 6) is -9.52. The molecule has 1 aromatic rings. The van der Waals surface area contributed by atoms with Crippen LogP contribution in [0.5, 0.6) is 0 Å². The van der Waals surface area contributed by atoms with E-state index in [1.165, 1.54) is 0 Å². The van der Waals surface area contributed by atoms with Crippen molar-refractivity contribution < 1.29 is 35.9 Å². The van der Waals surface area contributed by atoms with Gasteiger partial charge in [-0.05, 0) is 12.8 Å². The van der Waals surface area contributed by atoms with Crippen LogP contribution in [0.1, 0.15) is 12.8 Å². The zero-order valence-electron chi connectivity index (χ0n) is 11.0. The van der Waals surface area contributed by atoms with Gasteiger partial charge in [0.2, 0.25) is 10.0 Å². The first-order valence-electron chi connectivity index (χ1n) is 6.22. The Morgan fingerprint density at radius 2 is 1.55 bits per heavy atom.